The van der Waals surface area contributed by atoms with E-state index in [0.29, 0.717) is 13.1 Å². The van der Waals surface area contributed by atoms with Crippen LogP contribution >= 0.6 is 0 Å². The van der Waals surface area contributed by atoms with Gasteiger partial charge in [0, 0.05) is 37.9 Å². The number of fused-ring (bicyclic) bond motifs is 1. The summed E-state index contributed by atoms with van der Waals surface area (Å²) in [6, 6.07) is 13.7. The van der Waals surface area contributed by atoms with E-state index in [1.807, 2.05) is 42.7 Å². The third-order valence-corrected chi connectivity index (χ3v) is 3.78. The van der Waals surface area contributed by atoms with E-state index < -0.39 is 0 Å². The molecule has 0 bridgehead atoms. The van der Waals surface area contributed by atoms with Gasteiger partial charge < -0.3 is 15.2 Å². The maximum atomic E-state index is 11.7. The fourth-order valence-corrected chi connectivity index (χ4v) is 2.55. The fraction of sp³-hybridized carbons (Fsp3) is 0.278. The van der Waals surface area contributed by atoms with Crippen LogP contribution in [0.4, 0.5) is 4.79 Å². The summed E-state index contributed by atoms with van der Waals surface area (Å²) in [6.07, 6.45) is 5.19. The third-order valence-electron chi connectivity index (χ3n) is 3.78. The second-order valence-electron chi connectivity index (χ2n) is 5.53. The average molecular weight is 323 g/mol. The zero-order chi connectivity index (χ0) is 16.6. The molecule has 0 saturated heterocycles. The first kappa shape index (κ1) is 16.0. The van der Waals surface area contributed by atoms with Crippen molar-refractivity contribution in [2.45, 2.75) is 19.4 Å². The molecule has 0 spiro atoms. The number of urea groups is 1. The Kier molecular flexibility index (Phi) is 5.40. The fourth-order valence-electron chi connectivity index (χ4n) is 2.55. The Labute approximate surface area is 140 Å². The van der Waals surface area contributed by atoms with Crippen LogP contribution < -0.4 is 10.6 Å². The van der Waals surface area contributed by atoms with E-state index in [9.17, 15) is 4.79 Å². The molecular weight excluding hydrogens is 302 g/mol. The summed E-state index contributed by atoms with van der Waals surface area (Å²) in [7, 11) is 0. The highest BCUT2D eigenvalue weighted by atomic mass is 16.2. The molecule has 0 radical (unpaired) electrons. The third kappa shape index (κ3) is 4.32. The molecule has 0 aliphatic rings. The lowest BCUT2D eigenvalue weighted by atomic mass is 10.3. The van der Waals surface area contributed by atoms with Crippen LogP contribution in [0.5, 0.6) is 0 Å². The normalized spacial score (nSPS) is 10.7. The highest BCUT2D eigenvalue weighted by Crippen LogP contribution is 2.11. The van der Waals surface area contributed by atoms with Gasteiger partial charge in [-0.3, -0.25) is 4.98 Å². The van der Waals surface area contributed by atoms with Gasteiger partial charge in [-0.1, -0.05) is 18.2 Å². The first-order chi connectivity index (χ1) is 11.8. The molecule has 3 rings (SSSR count). The maximum Gasteiger partial charge on any atom is 0.314 e. The summed E-state index contributed by atoms with van der Waals surface area (Å²) in [5.41, 5.74) is 3.10. The number of aryl methyl sites for hydroxylation is 1. The Balaban J connectivity index is 1.33. The summed E-state index contributed by atoms with van der Waals surface area (Å²) in [6.45, 7) is 2.03. The molecule has 0 atom stereocenters. The van der Waals surface area contributed by atoms with Crippen LogP contribution in [-0.4, -0.2) is 33.7 Å². The molecule has 1 aromatic carbocycles. The highest BCUT2D eigenvalue weighted by molar-refractivity contribution is 5.75. The lowest BCUT2D eigenvalue weighted by Gasteiger charge is -2.08. The van der Waals surface area contributed by atoms with Crippen molar-refractivity contribution in [1.82, 2.24) is 25.2 Å². The van der Waals surface area contributed by atoms with Crippen LogP contribution in [-0.2, 0) is 13.0 Å². The predicted molar refractivity (Wildman–Crippen MR) is 93.7 cm³/mol. The predicted octanol–water partition coefficient (Wildman–Crippen LogP) is 2.36. The van der Waals surface area contributed by atoms with E-state index in [4.69, 9.17) is 0 Å². The largest absolute Gasteiger partial charge is 0.338 e. The van der Waals surface area contributed by atoms with Gasteiger partial charge in [-0.05, 0) is 30.7 Å². The van der Waals surface area contributed by atoms with Crippen LogP contribution in [0.25, 0.3) is 11.0 Å². The molecule has 2 aromatic heterocycles. The number of hydrogen-bond donors (Lipinski definition) is 2. The van der Waals surface area contributed by atoms with E-state index >= 15 is 0 Å². The number of hydrogen-bond acceptors (Lipinski definition) is 3. The van der Waals surface area contributed by atoms with Gasteiger partial charge in [-0.2, -0.15) is 0 Å². The summed E-state index contributed by atoms with van der Waals surface area (Å²) >= 11 is 0. The Morgan fingerprint density at radius 1 is 1.00 bits per heavy atom. The number of aromatic nitrogens is 3. The molecule has 0 aliphatic carbocycles. The van der Waals surface area contributed by atoms with Crippen LogP contribution in [0, 0.1) is 0 Å². The van der Waals surface area contributed by atoms with Gasteiger partial charge in [0.25, 0.3) is 0 Å². The number of para-hydroxylation sites is 2. The molecule has 0 fully saturated rings. The van der Waals surface area contributed by atoms with Gasteiger partial charge >= 0.3 is 6.03 Å². The molecule has 0 unspecified atom stereocenters. The van der Waals surface area contributed by atoms with Gasteiger partial charge in [0.1, 0.15) is 0 Å². The smallest absolute Gasteiger partial charge is 0.314 e. The molecular formula is C18H21N5O. The van der Waals surface area contributed by atoms with Gasteiger partial charge in [0.15, 0.2) is 0 Å². The van der Waals surface area contributed by atoms with Crippen molar-refractivity contribution in [3.05, 3.63) is 60.7 Å². The molecule has 6 nitrogen and oxygen atoms in total. The number of carbonyl (C=O) groups excluding carboxylic acids is 1. The number of pyridine rings is 1. The van der Waals surface area contributed by atoms with Crippen molar-refractivity contribution in [3.63, 3.8) is 0 Å². The quantitative estimate of drug-likeness (QED) is 0.656. The zero-order valence-electron chi connectivity index (χ0n) is 13.5. The molecule has 124 valence electrons. The molecule has 6 heteroatoms. The van der Waals surface area contributed by atoms with E-state index in [0.717, 1.165) is 36.1 Å². The van der Waals surface area contributed by atoms with Crippen molar-refractivity contribution in [3.8, 4) is 0 Å². The van der Waals surface area contributed by atoms with Gasteiger partial charge in [-0.15, -0.1) is 0 Å². The standard InChI is InChI=1S/C18H21N5O/c24-18(21-12-9-15-6-3-4-10-19-15)20-11-5-13-23-14-22-16-7-1-2-8-17(16)23/h1-4,6-8,10,14H,5,9,11-13H2,(H2,20,21,24). The number of nitrogens with one attached hydrogen (secondary N) is 2. The number of rotatable bonds is 7. The molecule has 0 aliphatic heterocycles. The average Bonchev–Trinajstić information content (AvgIpc) is 3.03. The second kappa shape index (κ2) is 8.10. The van der Waals surface area contributed by atoms with Crippen molar-refractivity contribution in [2.75, 3.05) is 13.1 Å². The maximum absolute atomic E-state index is 11.7. The summed E-state index contributed by atoms with van der Waals surface area (Å²) in [5, 5.41) is 5.72. The van der Waals surface area contributed by atoms with Crippen LogP contribution in [0.1, 0.15) is 12.1 Å². The Bertz CT molecular complexity index is 784. The Morgan fingerprint density at radius 3 is 2.71 bits per heavy atom. The molecule has 2 amide bonds. The number of nitrogens with zero attached hydrogens (tertiary/aromatic N) is 3. The zero-order valence-corrected chi connectivity index (χ0v) is 13.5. The van der Waals surface area contributed by atoms with Crippen molar-refractivity contribution < 1.29 is 4.79 Å². The van der Waals surface area contributed by atoms with Gasteiger partial charge in [0.2, 0.25) is 0 Å². The molecule has 24 heavy (non-hydrogen) atoms. The Morgan fingerprint density at radius 2 is 1.83 bits per heavy atom. The summed E-state index contributed by atoms with van der Waals surface area (Å²) in [5.74, 6) is 0. The number of carbonyl (C=O) groups is 1. The number of amides is 2. The van der Waals surface area contributed by atoms with E-state index in [1.54, 1.807) is 6.20 Å². The minimum absolute atomic E-state index is 0.138. The molecule has 0 saturated carbocycles. The van der Waals surface area contributed by atoms with E-state index in [-0.39, 0.29) is 6.03 Å². The van der Waals surface area contributed by atoms with Crippen molar-refractivity contribution in [1.29, 1.82) is 0 Å². The molecule has 3 aromatic rings. The van der Waals surface area contributed by atoms with E-state index in [1.165, 1.54) is 0 Å². The van der Waals surface area contributed by atoms with Crippen molar-refractivity contribution in [2.24, 2.45) is 0 Å². The van der Waals surface area contributed by atoms with Crippen LogP contribution in [0.2, 0.25) is 0 Å². The van der Waals surface area contributed by atoms with E-state index in [2.05, 4.69) is 31.2 Å². The lowest BCUT2D eigenvalue weighted by molar-refractivity contribution is 0.240. The molecule has 2 N–H and O–H groups in total. The minimum atomic E-state index is -0.138. The highest BCUT2D eigenvalue weighted by Gasteiger charge is 2.02. The lowest BCUT2D eigenvalue weighted by Crippen LogP contribution is -2.37. The number of benzene rings is 1. The van der Waals surface area contributed by atoms with Crippen molar-refractivity contribution >= 4 is 17.1 Å². The summed E-state index contributed by atoms with van der Waals surface area (Å²) < 4.78 is 2.11. The number of imidazole rings is 1. The molecule has 2 heterocycles. The monoisotopic (exact) mass is 323 g/mol. The first-order valence-electron chi connectivity index (χ1n) is 8.14. The van der Waals surface area contributed by atoms with Gasteiger partial charge in [-0.25, -0.2) is 9.78 Å². The topological polar surface area (TPSA) is 71.8 Å². The second-order valence-corrected chi connectivity index (χ2v) is 5.53. The summed E-state index contributed by atoms with van der Waals surface area (Å²) in [4.78, 5) is 20.3. The van der Waals surface area contributed by atoms with Crippen LogP contribution in [0.3, 0.4) is 0 Å². The SMILES string of the molecule is O=C(NCCCn1cnc2ccccc21)NCCc1ccccn1. The Hall–Kier alpha value is -2.89. The van der Waals surface area contributed by atoms with Crippen LogP contribution in [0.15, 0.2) is 55.0 Å². The minimum Gasteiger partial charge on any atom is -0.338 e. The van der Waals surface area contributed by atoms with Gasteiger partial charge in [0.05, 0.1) is 17.4 Å². The first-order valence-corrected chi connectivity index (χ1v) is 8.14.